The lowest BCUT2D eigenvalue weighted by Crippen LogP contribution is -2.48. The molecule has 2 aromatic carbocycles. The third-order valence-corrected chi connectivity index (χ3v) is 16.2. The summed E-state index contributed by atoms with van der Waals surface area (Å²) in [5.41, 5.74) is 10.3. The van der Waals surface area contributed by atoms with Crippen molar-refractivity contribution in [1.29, 1.82) is 0 Å². The van der Waals surface area contributed by atoms with E-state index in [1.54, 1.807) is 28.0 Å². The van der Waals surface area contributed by atoms with Crippen molar-refractivity contribution in [3.8, 4) is 0 Å². The van der Waals surface area contributed by atoms with Gasteiger partial charge in [0.2, 0.25) is 5.91 Å². The highest BCUT2D eigenvalue weighted by Gasteiger charge is 2.41. The van der Waals surface area contributed by atoms with Gasteiger partial charge in [0.1, 0.15) is 11.2 Å². The van der Waals surface area contributed by atoms with Gasteiger partial charge in [-0.15, -0.1) is 0 Å². The molecule has 2 atom stereocenters. The zero-order valence-corrected chi connectivity index (χ0v) is 47.8. The number of halogens is 2. The molecule has 404 valence electrons. The van der Waals surface area contributed by atoms with E-state index in [-0.39, 0.29) is 30.1 Å². The molecule has 0 bridgehead atoms. The Morgan fingerprint density at radius 3 is 1.58 bits per heavy atom. The minimum absolute atomic E-state index is 0.0808. The summed E-state index contributed by atoms with van der Waals surface area (Å²) in [6.07, 6.45) is 12.5. The lowest BCUT2D eigenvalue weighted by Gasteiger charge is -2.41. The molecule has 2 unspecified atom stereocenters. The SMILES string of the molecule is CC(C)CC1C2=C(CCN1C(=O)C1CCC(CN(C)C(=O)OC(C)(C)C)CC1)c1cccc(Cl)c1C2.CC(C)CC1NCCC2=C1Cc1c(Cl)cccc12.CN(CC1CCC(C(=O)O)CC1)C(=O)OC(C)(C)C. The number of carbonyl (C=O) groups is 4. The third kappa shape index (κ3) is 15.8. The number of aliphatic carboxylic acids is 1. The second-order valence-electron chi connectivity index (χ2n) is 24.7. The van der Waals surface area contributed by atoms with Gasteiger partial charge >= 0.3 is 18.2 Å². The van der Waals surface area contributed by atoms with E-state index in [1.807, 2.05) is 66.8 Å². The number of hydrogen-bond acceptors (Lipinski definition) is 7. The highest BCUT2D eigenvalue weighted by atomic mass is 35.5. The predicted octanol–water partition coefficient (Wildman–Crippen LogP) is 13.8. The standard InChI is InChI=1S/C30H43ClN2O3.C16H20ClN.C14H25NO4/c1-19(2)16-27-25-17-24-22(8-7-9-26(24)31)23(25)14-15-33(27)28(34)21-12-10-20(11-13-21)18-32(6)29(35)36-30(3,4)5;1-10(2)8-16-14-9-13-11(4-3-5-15(13)17)12(14)6-7-18-16;1-14(2,3)19-13(18)15(4)9-10-5-7-11(8-6-10)12(16)17/h7-9,19-21,27H,10-18H2,1-6H3;3-5,10,16,18H,6-9H2,1-2H3;10-11H,5-9H2,1-4H3,(H,16,17). The normalized spacial score (nSPS) is 23.5. The van der Waals surface area contributed by atoms with Gasteiger partial charge in [-0.1, -0.05) is 75.2 Å². The van der Waals surface area contributed by atoms with Crippen LogP contribution in [0.25, 0.3) is 11.1 Å². The lowest BCUT2D eigenvalue weighted by molar-refractivity contribution is -0.143. The van der Waals surface area contributed by atoms with Crippen LogP contribution in [-0.2, 0) is 31.9 Å². The second kappa shape index (κ2) is 25.2. The first-order chi connectivity index (χ1) is 34.3. The number of ether oxygens (including phenoxy) is 2. The average molecular weight is 1050 g/mol. The van der Waals surface area contributed by atoms with Crippen LogP contribution < -0.4 is 5.32 Å². The number of carboxylic acids is 1. The van der Waals surface area contributed by atoms with Crippen LogP contribution in [0.2, 0.25) is 10.0 Å². The van der Waals surface area contributed by atoms with Crippen LogP contribution in [0.1, 0.15) is 169 Å². The fourth-order valence-electron chi connectivity index (χ4n) is 12.0. The highest BCUT2D eigenvalue weighted by Crippen LogP contribution is 2.46. The summed E-state index contributed by atoms with van der Waals surface area (Å²) < 4.78 is 10.8. The number of rotatable bonds is 10. The Hall–Kier alpha value is -4.06. The predicted molar refractivity (Wildman–Crippen MR) is 296 cm³/mol. The number of nitrogens with one attached hydrogen (secondary N) is 1. The smallest absolute Gasteiger partial charge is 0.410 e. The summed E-state index contributed by atoms with van der Waals surface area (Å²) in [4.78, 5) is 54.4. The van der Waals surface area contributed by atoms with Crippen LogP contribution in [0, 0.1) is 35.5 Å². The maximum Gasteiger partial charge on any atom is 0.410 e. The van der Waals surface area contributed by atoms with Crippen LogP contribution >= 0.6 is 23.2 Å². The summed E-state index contributed by atoms with van der Waals surface area (Å²) in [7, 11) is 3.55. The number of nitrogens with zero attached hydrogens (tertiary/aromatic N) is 3. The zero-order valence-electron chi connectivity index (χ0n) is 46.3. The van der Waals surface area contributed by atoms with E-state index in [2.05, 4.69) is 56.1 Å². The molecule has 2 heterocycles. The Kier molecular flexibility index (Phi) is 20.1. The molecule has 2 saturated carbocycles. The van der Waals surface area contributed by atoms with Gasteiger partial charge in [0.15, 0.2) is 0 Å². The van der Waals surface area contributed by atoms with E-state index in [1.165, 1.54) is 39.8 Å². The van der Waals surface area contributed by atoms with Crippen molar-refractivity contribution in [3.63, 3.8) is 0 Å². The van der Waals surface area contributed by atoms with Gasteiger partial charge in [0.05, 0.1) is 12.0 Å². The van der Waals surface area contributed by atoms with Gasteiger partial charge < -0.3 is 34.6 Å². The minimum Gasteiger partial charge on any atom is -0.481 e. The van der Waals surface area contributed by atoms with Crippen LogP contribution in [0.3, 0.4) is 0 Å². The minimum atomic E-state index is -0.695. The van der Waals surface area contributed by atoms with Crippen LogP contribution in [0.15, 0.2) is 47.5 Å². The largest absolute Gasteiger partial charge is 0.481 e. The molecule has 0 saturated heterocycles. The molecule has 8 rings (SSSR count). The van der Waals surface area contributed by atoms with Gasteiger partial charge in [-0.25, -0.2) is 9.59 Å². The Bertz CT molecular complexity index is 2330. The van der Waals surface area contributed by atoms with Gasteiger partial charge in [-0.05, 0) is 218 Å². The fraction of sp³-hybridized carbons (Fsp3) is 0.667. The molecular formula is C60H88Cl2N4O7. The number of hydrogen-bond donors (Lipinski definition) is 2. The molecule has 2 aromatic rings. The number of fused-ring (bicyclic) bond motifs is 4. The molecule has 0 aromatic heterocycles. The molecule has 11 nitrogen and oxygen atoms in total. The Balaban J connectivity index is 0.000000197. The van der Waals surface area contributed by atoms with Crippen LogP contribution in [0.4, 0.5) is 9.59 Å². The molecule has 2 fully saturated rings. The molecule has 6 aliphatic rings. The van der Waals surface area contributed by atoms with Crippen molar-refractivity contribution in [2.45, 2.75) is 182 Å². The maximum absolute atomic E-state index is 13.9. The molecular weight excluding hydrogens is 960 g/mol. The highest BCUT2D eigenvalue weighted by molar-refractivity contribution is 6.32. The summed E-state index contributed by atoms with van der Waals surface area (Å²) in [6.45, 7) is 23.5. The first kappa shape index (κ1) is 58.2. The van der Waals surface area contributed by atoms with Gasteiger partial charge in [0, 0.05) is 55.7 Å². The van der Waals surface area contributed by atoms with E-state index in [4.69, 9.17) is 37.8 Å². The lowest BCUT2D eigenvalue weighted by atomic mass is 9.80. The molecule has 2 N–H and O–H groups in total. The van der Waals surface area contributed by atoms with E-state index >= 15 is 0 Å². The Morgan fingerprint density at radius 1 is 0.671 bits per heavy atom. The van der Waals surface area contributed by atoms with Crippen molar-refractivity contribution in [2.75, 3.05) is 40.3 Å². The zero-order chi connectivity index (χ0) is 53.5. The van der Waals surface area contributed by atoms with Crippen molar-refractivity contribution in [1.82, 2.24) is 20.0 Å². The maximum atomic E-state index is 13.9. The summed E-state index contributed by atoms with van der Waals surface area (Å²) in [5, 5.41) is 14.4. The summed E-state index contributed by atoms with van der Waals surface area (Å²) in [5.74, 6) is 1.55. The summed E-state index contributed by atoms with van der Waals surface area (Å²) in [6, 6.07) is 13.3. The van der Waals surface area contributed by atoms with Gasteiger partial charge in [-0.3, -0.25) is 9.59 Å². The number of amides is 3. The Morgan fingerprint density at radius 2 is 1.12 bits per heavy atom. The third-order valence-electron chi connectivity index (χ3n) is 15.5. The topological polar surface area (TPSA) is 129 Å². The molecule has 0 spiro atoms. The van der Waals surface area contributed by atoms with Crippen LogP contribution in [0.5, 0.6) is 0 Å². The fourth-order valence-corrected chi connectivity index (χ4v) is 12.5. The van der Waals surface area contributed by atoms with Crippen molar-refractivity contribution in [3.05, 3.63) is 79.8 Å². The first-order valence-corrected chi connectivity index (χ1v) is 28.2. The Labute approximate surface area is 448 Å². The molecule has 0 radical (unpaired) electrons. The van der Waals surface area contributed by atoms with E-state index in [0.717, 1.165) is 99.7 Å². The van der Waals surface area contributed by atoms with E-state index < -0.39 is 17.2 Å². The number of benzene rings is 2. The quantitative estimate of drug-likeness (QED) is 0.241. The van der Waals surface area contributed by atoms with Crippen molar-refractivity contribution >= 4 is 58.4 Å². The van der Waals surface area contributed by atoms with Crippen molar-refractivity contribution < 1.29 is 33.8 Å². The summed E-state index contributed by atoms with van der Waals surface area (Å²) >= 11 is 12.9. The molecule has 4 aliphatic carbocycles. The number of carboxylic acid groups (broad SMARTS) is 1. The molecule has 73 heavy (non-hydrogen) atoms. The van der Waals surface area contributed by atoms with Gasteiger partial charge in [0.25, 0.3) is 0 Å². The molecule has 3 amide bonds. The van der Waals surface area contributed by atoms with Crippen molar-refractivity contribution in [2.24, 2.45) is 35.5 Å². The van der Waals surface area contributed by atoms with E-state index in [0.29, 0.717) is 55.6 Å². The monoisotopic (exact) mass is 1050 g/mol. The molecule has 13 heteroatoms. The van der Waals surface area contributed by atoms with Gasteiger partial charge in [-0.2, -0.15) is 0 Å². The van der Waals surface area contributed by atoms with Crippen LogP contribution in [-0.4, -0.2) is 107 Å². The van der Waals surface area contributed by atoms with E-state index in [9.17, 15) is 19.2 Å². The number of carbonyl (C=O) groups excluding carboxylic acids is 3. The second-order valence-corrected chi connectivity index (χ2v) is 25.5. The molecule has 2 aliphatic heterocycles. The first-order valence-electron chi connectivity index (χ1n) is 27.4. The average Bonchev–Trinajstić information content (AvgIpc) is 3.90.